The van der Waals surface area contributed by atoms with Gasteiger partial charge in [-0.2, -0.15) is 0 Å². The molecule has 6 nitrogen and oxygen atoms in total. The van der Waals surface area contributed by atoms with Crippen LogP contribution >= 0.6 is 0 Å². The predicted molar refractivity (Wildman–Crippen MR) is 91.0 cm³/mol. The molecule has 1 heterocycles. The highest BCUT2D eigenvalue weighted by molar-refractivity contribution is 5.81. The summed E-state index contributed by atoms with van der Waals surface area (Å²) in [5, 5.41) is 0. The third-order valence-electron chi connectivity index (χ3n) is 4.12. The minimum Gasteiger partial charge on any atom is -0.444 e. The molecule has 1 saturated heterocycles. The number of nitrogens with two attached hydrogens (primary N) is 1. The molecule has 0 bridgehead atoms. The number of likely N-dealkylation sites (tertiary alicyclic amines) is 1. The molecule has 0 aliphatic carbocycles. The summed E-state index contributed by atoms with van der Waals surface area (Å²) < 4.78 is 5.49. The molecule has 0 radical (unpaired) electrons. The molecule has 1 aliphatic rings. The molecule has 0 aromatic rings. The van der Waals surface area contributed by atoms with Gasteiger partial charge in [0.25, 0.3) is 0 Å². The van der Waals surface area contributed by atoms with Crippen LogP contribution in [-0.4, -0.2) is 59.6 Å². The molecule has 1 fully saturated rings. The lowest BCUT2D eigenvalue weighted by Gasteiger charge is -2.39. The first-order valence-electron chi connectivity index (χ1n) is 8.53. The Morgan fingerprint density at radius 1 is 1.30 bits per heavy atom. The second kappa shape index (κ2) is 7.99. The third-order valence-corrected chi connectivity index (χ3v) is 4.12. The first-order valence-corrected chi connectivity index (χ1v) is 8.53. The van der Waals surface area contributed by atoms with Crippen LogP contribution in [0.2, 0.25) is 0 Å². The number of hydrogen-bond acceptors (Lipinski definition) is 4. The molecule has 1 rings (SSSR count). The highest BCUT2D eigenvalue weighted by Gasteiger charge is 2.32. The lowest BCUT2D eigenvalue weighted by molar-refractivity contribution is -0.133. The first-order chi connectivity index (χ1) is 10.5. The summed E-state index contributed by atoms with van der Waals surface area (Å²) in [6.45, 7) is 10.6. The first kappa shape index (κ1) is 19.7. The van der Waals surface area contributed by atoms with Gasteiger partial charge < -0.3 is 20.3 Å². The lowest BCUT2D eigenvalue weighted by Crippen LogP contribution is -2.53. The van der Waals surface area contributed by atoms with Crippen LogP contribution < -0.4 is 5.73 Å². The van der Waals surface area contributed by atoms with Gasteiger partial charge in [-0.1, -0.05) is 13.8 Å². The molecular weight excluding hydrogens is 294 g/mol. The molecule has 0 aromatic carbocycles. The maximum Gasteiger partial charge on any atom is 0.410 e. The SMILES string of the molecule is CC(C)[C@H](N)C(=O)N(C)CC1CCCCN1C(=O)OC(C)(C)C. The Bertz CT molecular complexity index is 418. The number of rotatable bonds is 4. The fourth-order valence-electron chi connectivity index (χ4n) is 2.70. The van der Waals surface area contributed by atoms with Crippen LogP contribution in [0.4, 0.5) is 4.79 Å². The predicted octanol–water partition coefficient (Wildman–Crippen LogP) is 2.22. The van der Waals surface area contributed by atoms with Crippen molar-refractivity contribution in [3.05, 3.63) is 0 Å². The van der Waals surface area contributed by atoms with Crippen molar-refractivity contribution in [2.45, 2.75) is 71.6 Å². The van der Waals surface area contributed by atoms with Crippen LogP contribution in [-0.2, 0) is 9.53 Å². The zero-order chi connectivity index (χ0) is 17.8. The van der Waals surface area contributed by atoms with Gasteiger partial charge in [-0.15, -0.1) is 0 Å². The molecule has 0 aromatic heterocycles. The van der Waals surface area contributed by atoms with Crippen LogP contribution in [0.3, 0.4) is 0 Å². The van der Waals surface area contributed by atoms with E-state index < -0.39 is 11.6 Å². The second-order valence-electron chi connectivity index (χ2n) is 7.81. The van der Waals surface area contributed by atoms with Crippen molar-refractivity contribution in [2.24, 2.45) is 11.7 Å². The molecule has 0 spiro atoms. The van der Waals surface area contributed by atoms with Crippen LogP contribution in [0.1, 0.15) is 53.9 Å². The number of piperidine rings is 1. The van der Waals surface area contributed by atoms with Gasteiger partial charge in [-0.05, 0) is 46.0 Å². The monoisotopic (exact) mass is 327 g/mol. The number of carbonyl (C=O) groups is 2. The van der Waals surface area contributed by atoms with E-state index >= 15 is 0 Å². The molecule has 0 saturated carbocycles. The number of carbonyl (C=O) groups excluding carboxylic acids is 2. The van der Waals surface area contributed by atoms with Crippen molar-refractivity contribution in [3.63, 3.8) is 0 Å². The number of hydrogen-bond donors (Lipinski definition) is 1. The molecule has 1 unspecified atom stereocenters. The van der Waals surface area contributed by atoms with Crippen molar-refractivity contribution in [2.75, 3.05) is 20.1 Å². The maximum atomic E-state index is 12.4. The van der Waals surface area contributed by atoms with Gasteiger partial charge in [0.15, 0.2) is 0 Å². The van der Waals surface area contributed by atoms with E-state index in [1.165, 1.54) is 0 Å². The van der Waals surface area contributed by atoms with E-state index in [1.54, 1.807) is 16.8 Å². The zero-order valence-corrected chi connectivity index (χ0v) is 15.5. The highest BCUT2D eigenvalue weighted by Crippen LogP contribution is 2.21. The van der Waals surface area contributed by atoms with Crippen molar-refractivity contribution >= 4 is 12.0 Å². The fraction of sp³-hybridized carbons (Fsp3) is 0.882. The summed E-state index contributed by atoms with van der Waals surface area (Å²) in [6, 6.07) is -0.509. The number of likely N-dealkylation sites (N-methyl/N-ethyl adjacent to an activating group) is 1. The summed E-state index contributed by atoms with van der Waals surface area (Å²) >= 11 is 0. The summed E-state index contributed by atoms with van der Waals surface area (Å²) in [5.41, 5.74) is 5.43. The third kappa shape index (κ3) is 6.01. The highest BCUT2D eigenvalue weighted by atomic mass is 16.6. The lowest BCUT2D eigenvalue weighted by atomic mass is 10.0. The van der Waals surface area contributed by atoms with Gasteiger partial charge in [-0.25, -0.2) is 4.79 Å². The Morgan fingerprint density at radius 3 is 2.43 bits per heavy atom. The molecule has 2 amide bonds. The van der Waals surface area contributed by atoms with Crippen LogP contribution in [0.5, 0.6) is 0 Å². The van der Waals surface area contributed by atoms with E-state index in [4.69, 9.17) is 10.5 Å². The zero-order valence-electron chi connectivity index (χ0n) is 15.5. The van der Waals surface area contributed by atoms with E-state index in [9.17, 15) is 9.59 Å². The standard InChI is InChI=1S/C17H33N3O3/c1-12(2)14(18)15(21)19(6)11-13-9-7-8-10-20(13)16(22)23-17(3,4)5/h12-14H,7-11,18H2,1-6H3/t13?,14-/m0/s1. The van der Waals surface area contributed by atoms with E-state index in [1.807, 2.05) is 34.6 Å². The topological polar surface area (TPSA) is 75.9 Å². The summed E-state index contributed by atoms with van der Waals surface area (Å²) in [4.78, 5) is 28.1. The normalized spacial score (nSPS) is 20.3. The van der Waals surface area contributed by atoms with E-state index in [0.29, 0.717) is 13.1 Å². The number of ether oxygens (including phenoxy) is 1. The molecule has 2 N–H and O–H groups in total. The Hall–Kier alpha value is -1.30. The Kier molecular flexibility index (Phi) is 6.86. The van der Waals surface area contributed by atoms with E-state index in [-0.39, 0.29) is 24.0 Å². The van der Waals surface area contributed by atoms with E-state index in [2.05, 4.69) is 0 Å². The van der Waals surface area contributed by atoms with Crippen molar-refractivity contribution in [3.8, 4) is 0 Å². The van der Waals surface area contributed by atoms with Crippen LogP contribution in [0, 0.1) is 5.92 Å². The van der Waals surface area contributed by atoms with E-state index in [0.717, 1.165) is 19.3 Å². The Morgan fingerprint density at radius 2 is 1.91 bits per heavy atom. The van der Waals surface area contributed by atoms with Crippen LogP contribution in [0.25, 0.3) is 0 Å². The maximum absolute atomic E-state index is 12.4. The Balaban J connectivity index is 2.71. The molecule has 6 heteroatoms. The van der Waals surface area contributed by atoms with Gasteiger partial charge in [-0.3, -0.25) is 4.79 Å². The van der Waals surface area contributed by atoms with Gasteiger partial charge in [0.2, 0.25) is 5.91 Å². The minimum absolute atomic E-state index is 0.00749. The van der Waals surface area contributed by atoms with Crippen molar-refractivity contribution < 1.29 is 14.3 Å². The summed E-state index contributed by atoms with van der Waals surface area (Å²) in [6.07, 6.45) is 2.62. The number of amides is 2. The molecule has 134 valence electrons. The molecular formula is C17H33N3O3. The molecule has 2 atom stereocenters. The number of nitrogens with zero attached hydrogens (tertiary/aromatic N) is 2. The summed E-state index contributed by atoms with van der Waals surface area (Å²) in [5.74, 6) is 0.0213. The quantitative estimate of drug-likeness (QED) is 0.859. The average molecular weight is 327 g/mol. The van der Waals surface area contributed by atoms with Gasteiger partial charge in [0.1, 0.15) is 5.60 Å². The van der Waals surface area contributed by atoms with Crippen LogP contribution in [0.15, 0.2) is 0 Å². The summed E-state index contributed by atoms with van der Waals surface area (Å²) in [7, 11) is 1.76. The average Bonchev–Trinajstić information content (AvgIpc) is 2.44. The minimum atomic E-state index is -0.513. The van der Waals surface area contributed by atoms with Gasteiger partial charge in [0, 0.05) is 20.1 Å². The largest absolute Gasteiger partial charge is 0.444 e. The van der Waals surface area contributed by atoms with Gasteiger partial charge in [0.05, 0.1) is 12.1 Å². The molecule has 23 heavy (non-hydrogen) atoms. The van der Waals surface area contributed by atoms with Crippen molar-refractivity contribution in [1.82, 2.24) is 9.80 Å². The second-order valence-corrected chi connectivity index (χ2v) is 7.81. The Labute approximate surface area is 140 Å². The van der Waals surface area contributed by atoms with Gasteiger partial charge >= 0.3 is 6.09 Å². The smallest absolute Gasteiger partial charge is 0.410 e. The van der Waals surface area contributed by atoms with Crippen molar-refractivity contribution in [1.29, 1.82) is 0 Å². The molecule has 1 aliphatic heterocycles. The fourth-order valence-corrected chi connectivity index (χ4v) is 2.70.